The zero-order valence-corrected chi connectivity index (χ0v) is 10.9. The molecule has 1 aliphatic heterocycles. The molecule has 1 heterocycles. The zero-order chi connectivity index (χ0) is 13.3. The zero-order valence-electron chi connectivity index (χ0n) is 10.9. The SMILES string of the molecule is NCC#Cc1ccc(OCCOC2CCOC2)cc1. The van der Waals surface area contributed by atoms with E-state index >= 15 is 0 Å². The normalized spacial score (nSPS) is 17.8. The number of benzene rings is 1. The summed E-state index contributed by atoms with van der Waals surface area (Å²) in [6.07, 6.45) is 1.21. The molecule has 1 aromatic rings. The smallest absolute Gasteiger partial charge is 0.119 e. The fourth-order valence-corrected chi connectivity index (χ4v) is 1.81. The summed E-state index contributed by atoms with van der Waals surface area (Å²) >= 11 is 0. The van der Waals surface area contributed by atoms with Gasteiger partial charge >= 0.3 is 0 Å². The Morgan fingerprint density at radius 2 is 2.11 bits per heavy atom. The third kappa shape index (κ3) is 4.92. The van der Waals surface area contributed by atoms with E-state index in [0.717, 1.165) is 24.3 Å². The summed E-state index contributed by atoms with van der Waals surface area (Å²) in [6.45, 7) is 3.01. The van der Waals surface area contributed by atoms with Gasteiger partial charge in [0.2, 0.25) is 0 Å². The van der Waals surface area contributed by atoms with Crippen molar-refractivity contribution in [3.8, 4) is 17.6 Å². The third-order valence-corrected chi connectivity index (χ3v) is 2.78. The van der Waals surface area contributed by atoms with Crippen LogP contribution in [0.4, 0.5) is 0 Å². The first-order chi connectivity index (χ1) is 9.38. The van der Waals surface area contributed by atoms with Crippen LogP contribution in [0.5, 0.6) is 5.75 Å². The molecule has 0 spiro atoms. The fraction of sp³-hybridized carbons (Fsp3) is 0.467. The minimum absolute atomic E-state index is 0.234. The Labute approximate surface area is 113 Å². The molecule has 1 fully saturated rings. The predicted octanol–water partition coefficient (Wildman–Crippen LogP) is 1.18. The highest BCUT2D eigenvalue weighted by atomic mass is 16.6. The molecule has 0 aliphatic carbocycles. The highest BCUT2D eigenvalue weighted by Gasteiger charge is 2.15. The summed E-state index contributed by atoms with van der Waals surface area (Å²) in [5.74, 6) is 6.60. The summed E-state index contributed by atoms with van der Waals surface area (Å²) < 4.78 is 16.4. The standard InChI is InChI=1S/C15H19NO3/c16-8-1-2-13-3-5-14(6-4-13)18-10-11-19-15-7-9-17-12-15/h3-6,15H,7-12,16H2. The summed E-state index contributed by atoms with van der Waals surface area (Å²) in [4.78, 5) is 0. The van der Waals surface area contributed by atoms with Crippen LogP contribution in [0.15, 0.2) is 24.3 Å². The van der Waals surface area contributed by atoms with Gasteiger partial charge in [0.25, 0.3) is 0 Å². The van der Waals surface area contributed by atoms with Crippen molar-refractivity contribution in [3.05, 3.63) is 29.8 Å². The van der Waals surface area contributed by atoms with Gasteiger partial charge in [0.1, 0.15) is 12.4 Å². The molecule has 102 valence electrons. The summed E-state index contributed by atoms with van der Waals surface area (Å²) in [5.41, 5.74) is 6.26. The van der Waals surface area contributed by atoms with Crippen molar-refractivity contribution in [2.24, 2.45) is 5.73 Å². The van der Waals surface area contributed by atoms with Gasteiger partial charge in [0.15, 0.2) is 0 Å². The predicted molar refractivity (Wildman–Crippen MR) is 73.0 cm³/mol. The van der Waals surface area contributed by atoms with Crippen molar-refractivity contribution in [2.75, 3.05) is 33.0 Å². The van der Waals surface area contributed by atoms with Crippen LogP contribution in [0.3, 0.4) is 0 Å². The maximum absolute atomic E-state index is 5.62. The van der Waals surface area contributed by atoms with E-state index < -0.39 is 0 Å². The number of hydrogen-bond acceptors (Lipinski definition) is 4. The van der Waals surface area contributed by atoms with E-state index in [9.17, 15) is 0 Å². The first kappa shape index (κ1) is 13.9. The molecule has 1 aromatic carbocycles. The van der Waals surface area contributed by atoms with Crippen LogP contribution in [0.25, 0.3) is 0 Å². The molecule has 0 radical (unpaired) electrons. The number of nitrogens with two attached hydrogens (primary N) is 1. The summed E-state index contributed by atoms with van der Waals surface area (Å²) in [6, 6.07) is 7.64. The van der Waals surface area contributed by atoms with Crippen LogP contribution in [0.2, 0.25) is 0 Å². The number of hydrogen-bond donors (Lipinski definition) is 1. The Bertz CT molecular complexity index is 427. The van der Waals surface area contributed by atoms with Crippen LogP contribution in [0, 0.1) is 11.8 Å². The van der Waals surface area contributed by atoms with Crippen molar-refractivity contribution in [1.82, 2.24) is 0 Å². The van der Waals surface area contributed by atoms with Gasteiger partial charge in [0, 0.05) is 12.2 Å². The molecule has 1 atom stereocenters. The lowest BCUT2D eigenvalue weighted by Gasteiger charge is -2.10. The van der Waals surface area contributed by atoms with Crippen LogP contribution < -0.4 is 10.5 Å². The number of ether oxygens (including phenoxy) is 3. The monoisotopic (exact) mass is 261 g/mol. The van der Waals surface area contributed by atoms with E-state index in [1.54, 1.807) is 0 Å². The maximum atomic E-state index is 5.62. The highest BCUT2D eigenvalue weighted by Crippen LogP contribution is 2.12. The van der Waals surface area contributed by atoms with Crippen LogP contribution in [0.1, 0.15) is 12.0 Å². The van der Waals surface area contributed by atoms with E-state index in [1.165, 1.54) is 0 Å². The molecule has 4 heteroatoms. The van der Waals surface area contributed by atoms with Crippen LogP contribution in [-0.4, -0.2) is 39.1 Å². The molecule has 0 aromatic heterocycles. The third-order valence-electron chi connectivity index (χ3n) is 2.78. The van der Waals surface area contributed by atoms with Crippen LogP contribution >= 0.6 is 0 Å². The Balaban J connectivity index is 1.67. The van der Waals surface area contributed by atoms with E-state index in [4.69, 9.17) is 19.9 Å². The second-order valence-electron chi connectivity index (χ2n) is 4.24. The Kier molecular flexibility index (Phi) is 5.70. The lowest BCUT2D eigenvalue weighted by atomic mass is 10.2. The Hall–Kier alpha value is -1.54. The largest absolute Gasteiger partial charge is 0.491 e. The van der Waals surface area contributed by atoms with Crippen molar-refractivity contribution in [1.29, 1.82) is 0 Å². The fourth-order valence-electron chi connectivity index (χ4n) is 1.81. The molecule has 0 bridgehead atoms. The average molecular weight is 261 g/mol. The van der Waals surface area contributed by atoms with E-state index in [-0.39, 0.29) is 6.10 Å². The summed E-state index contributed by atoms with van der Waals surface area (Å²) in [5, 5.41) is 0. The van der Waals surface area contributed by atoms with Gasteiger partial charge in [0.05, 0.1) is 25.9 Å². The van der Waals surface area contributed by atoms with E-state index in [1.807, 2.05) is 24.3 Å². The van der Waals surface area contributed by atoms with Gasteiger partial charge in [-0.05, 0) is 30.7 Å². The first-order valence-electron chi connectivity index (χ1n) is 6.49. The van der Waals surface area contributed by atoms with Gasteiger partial charge in [-0.15, -0.1) is 0 Å². The Morgan fingerprint density at radius 1 is 1.26 bits per heavy atom. The molecule has 2 N–H and O–H groups in total. The summed E-state index contributed by atoms with van der Waals surface area (Å²) in [7, 11) is 0. The highest BCUT2D eigenvalue weighted by molar-refractivity contribution is 5.38. The average Bonchev–Trinajstić information content (AvgIpc) is 2.96. The quantitative estimate of drug-likeness (QED) is 0.639. The molecule has 0 amide bonds. The minimum Gasteiger partial charge on any atom is -0.491 e. The van der Waals surface area contributed by atoms with Gasteiger partial charge < -0.3 is 19.9 Å². The van der Waals surface area contributed by atoms with Crippen molar-refractivity contribution in [2.45, 2.75) is 12.5 Å². The molecule has 1 unspecified atom stereocenters. The molecule has 2 rings (SSSR count). The van der Waals surface area contributed by atoms with E-state index in [2.05, 4.69) is 11.8 Å². The maximum Gasteiger partial charge on any atom is 0.119 e. The molecule has 1 aliphatic rings. The lowest BCUT2D eigenvalue weighted by Crippen LogP contribution is -2.16. The van der Waals surface area contributed by atoms with Crippen molar-refractivity contribution in [3.63, 3.8) is 0 Å². The van der Waals surface area contributed by atoms with Gasteiger partial charge in [-0.1, -0.05) is 11.8 Å². The van der Waals surface area contributed by atoms with Crippen molar-refractivity contribution >= 4 is 0 Å². The van der Waals surface area contributed by atoms with Gasteiger partial charge in [-0.2, -0.15) is 0 Å². The Morgan fingerprint density at radius 3 is 2.79 bits per heavy atom. The molecule has 0 saturated carbocycles. The molecule has 19 heavy (non-hydrogen) atoms. The van der Waals surface area contributed by atoms with E-state index in [0.29, 0.717) is 26.4 Å². The molecular formula is C15H19NO3. The number of rotatable bonds is 5. The molecular weight excluding hydrogens is 242 g/mol. The van der Waals surface area contributed by atoms with Gasteiger partial charge in [-0.3, -0.25) is 0 Å². The van der Waals surface area contributed by atoms with Crippen molar-refractivity contribution < 1.29 is 14.2 Å². The first-order valence-corrected chi connectivity index (χ1v) is 6.49. The second-order valence-corrected chi connectivity index (χ2v) is 4.24. The molecule has 4 nitrogen and oxygen atoms in total. The van der Waals surface area contributed by atoms with Crippen LogP contribution in [-0.2, 0) is 9.47 Å². The minimum atomic E-state index is 0.234. The molecule has 1 saturated heterocycles. The lowest BCUT2D eigenvalue weighted by molar-refractivity contribution is 0.0265. The van der Waals surface area contributed by atoms with Gasteiger partial charge in [-0.25, -0.2) is 0 Å². The second kappa shape index (κ2) is 7.80. The topological polar surface area (TPSA) is 53.7 Å².